The van der Waals surface area contributed by atoms with Gasteiger partial charge in [0.05, 0.1) is 0 Å². The van der Waals surface area contributed by atoms with Crippen molar-refractivity contribution in [3.05, 3.63) is 34.9 Å². The van der Waals surface area contributed by atoms with Crippen molar-refractivity contribution in [3.8, 4) is 0 Å². The molecule has 2 rings (SSSR count). The molecule has 2 N–H and O–H groups in total. The molecule has 1 heteroatoms. The van der Waals surface area contributed by atoms with E-state index in [0.29, 0.717) is 0 Å². The Balaban J connectivity index is 2.16. The van der Waals surface area contributed by atoms with Crippen LogP contribution in [0.2, 0.25) is 0 Å². The van der Waals surface area contributed by atoms with Crippen LogP contribution in [0.1, 0.15) is 49.8 Å². The van der Waals surface area contributed by atoms with E-state index in [9.17, 15) is 0 Å². The van der Waals surface area contributed by atoms with E-state index >= 15 is 0 Å². The fourth-order valence-electron chi connectivity index (χ4n) is 4.05. The van der Waals surface area contributed by atoms with E-state index in [4.69, 9.17) is 5.73 Å². The Morgan fingerprint density at radius 1 is 1.06 bits per heavy atom. The molecule has 1 fully saturated rings. The molecule has 0 saturated heterocycles. The van der Waals surface area contributed by atoms with Gasteiger partial charge in [-0.1, -0.05) is 43.2 Å². The van der Waals surface area contributed by atoms with Crippen molar-refractivity contribution in [2.45, 2.75) is 58.9 Å². The molecule has 0 radical (unpaired) electrons. The Labute approximate surface area is 112 Å². The van der Waals surface area contributed by atoms with E-state index in [2.05, 4.69) is 45.9 Å². The Bertz CT molecular complexity index is 391. The highest BCUT2D eigenvalue weighted by molar-refractivity contribution is 5.30. The molecule has 0 aromatic heterocycles. The monoisotopic (exact) mass is 245 g/mol. The van der Waals surface area contributed by atoms with Crippen LogP contribution in [0.15, 0.2) is 18.2 Å². The van der Waals surface area contributed by atoms with E-state index in [1.54, 1.807) is 0 Å². The highest BCUT2D eigenvalue weighted by Crippen LogP contribution is 2.36. The smallest absolute Gasteiger partial charge is 0.0200 e. The van der Waals surface area contributed by atoms with E-state index < -0.39 is 0 Å². The maximum atomic E-state index is 6.67. The van der Waals surface area contributed by atoms with Crippen molar-refractivity contribution in [2.75, 3.05) is 0 Å². The summed E-state index contributed by atoms with van der Waals surface area (Å²) in [6, 6.07) is 6.83. The van der Waals surface area contributed by atoms with E-state index in [0.717, 1.165) is 18.3 Å². The SMILES string of the molecule is Cc1cc(C)cc(CC2(N)CC(C)CC(C)C2)c1. The maximum Gasteiger partial charge on any atom is 0.0200 e. The van der Waals surface area contributed by atoms with Crippen LogP contribution >= 0.6 is 0 Å². The molecule has 1 saturated carbocycles. The lowest BCUT2D eigenvalue weighted by atomic mass is 9.69. The zero-order chi connectivity index (χ0) is 13.3. The highest BCUT2D eigenvalue weighted by Gasteiger charge is 2.34. The molecule has 1 aromatic carbocycles. The molecule has 18 heavy (non-hydrogen) atoms. The summed E-state index contributed by atoms with van der Waals surface area (Å²) in [5, 5.41) is 0. The summed E-state index contributed by atoms with van der Waals surface area (Å²) in [7, 11) is 0. The van der Waals surface area contributed by atoms with Gasteiger partial charge in [0.1, 0.15) is 0 Å². The predicted molar refractivity (Wildman–Crippen MR) is 78.7 cm³/mol. The first-order chi connectivity index (χ1) is 8.36. The van der Waals surface area contributed by atoms with Gasteiger partial charge in [-0.2, -0.15) is 0 Å². The van der Waals surface area contributed by atoms with Crippen LogP contribution in [0, 0.1) is 25.7 Å². The van der Waals surface area contributed by atoms with Gasteiger partial charge < -0.3 is 5.73 Å². The van der Waals surface area contributed by atoms with Gasteiger partial charge in [-0.3, -0.25) is 0 Å². The van der Waals surface area contributed by atoms with Crippen LogP contribution in [-0.4, -0.2) is 5.54 Å². The second kappa shape index (κ2) is 5.05. The van der Waals surface area contributed by atoms with Crippen molar-refractivity contribution in [1.29, 1.82) is 0 Å². The minimum Gasteiger partial charge on any atom is -0.325 e. The third-order valence-electron chi connectivity index (χ3n) is 4.15. The number of rotatable bonds is 2. The molecule has 1 aliphatic rings. The van der Waals surface area contributed by atoms with Crippen molar-refractivity contribution < 1.29 is 0 Å². The van der Waals surface area contributed by atoms with Crippen molar-refractivity contribution in [2.24, 2.45) is 17.6 Å². The van der Waals surface area contributed by atoms with Crippen LogP contribution < -0.4 is 5.73 Å². The fraction of sp³-hybridized carbons (Fsp3) is 0.647. The van der Waals surface area contributed by atoms with Crippen molar-refractivity contribution >= 4 is 0 Å². The lowest BCUT2D eigenvalue weighted by Crippen LogP contribution is -2.48. The average Bonchev–Trinajstić information content (AvgIpc) is 2.10. The summed E-state index contributed by atoms with van der Waals surface area (Å²) in [5.41, 5.74) is 10.8. The fourth-order valence-corrected chi connectivity index (χ4v) is 4.05. The molecule has 0 bridgehead atoms. The maximum absolute atomic E-state index is 6.67. The summed E-state index contributed by atoms with van der Waals surface area (Å²) in [6.07, 6.45) is 4.71. The second-order valence-corrected chi connectivity index (χ2v) is 6.89. The Morgan fingerprint density at radius 2 is 1.56 bits per heavy atom. The standard InChI is InChI=1S/C17H27N/c1-12-5-13(2)8-16(7-12)11-17(18)9-14(3)6-15(4)10-17/h5,7-8,14-15H,6,9-11,18H2,1-4H3. The van der Waals surface area contributed by atoms with Gasteiger partial charge in [0.25, 0.3) is 0 Å². The predicted octanol–water partition coefficient (Wildman–Crippen LogP) is 4.00. The third kappa shape index (κ3) is 3.35. The molecule has 1 aliphatic carbocycles. The van der Waals surface area contributed by atoms with Crippen LogP contribution in [0.4, 0.5) is 0 Å². The van der Waals surface area contributed by atoms with Gasteiger partial charge in [0.15, 0.2) is 0 Å². The van der Waals surface area contributed by atoms with E-state index in [1.807, 2.05) is 0 Å². The Morgan fingerprint density at radius 3 is 2.06 bits per heavy atom. The van der Waals surface area contributed by atoms with Gasteiger partial charge in [-0.05, 0) is 56.9 Å². The first-order valence-corrected chi connectivity index (χ1v) is 7.22. The van der Waals surface area contributed by atoms with E-state index in [-0.39, 0.29) is 5.54 Å². The van der Waals surface area contributed by atoms with Crippen LogP contribution in [0.3, 0.4) is 0 Å². The summed E-state index contributed by atoms with van der Waals surface area (Å²) < 4.78 is 0. The van der Waals surface area contributed by atoms with Crippen LogP contribution in [0.5, 0.6) is 0 Å². The molecule has 1 nitrogen and oxygen atoms in total. The molecule has 2 atom stereocenters. The molecule has 2 unspecified atom stereocenters. The van der Waals surface area contributed by atoms with E-state index in [1.165, 1.54) is 36.0 Å². The lowest BCUT2D eigenvalue weighted by Gasteiger charge is -2.40. The molecule has 100 valence electrons. The first kappa shape index (κ1) is 13.6. The number of aryl methyl sites for hydroxylation is 2. The molecule has 0 spiro atoms. The summed E-state index contributed by atoms with van der Waals surface area (Å²) in [6.45, 7) is 9.04. The number of nitrogens with two attached hydrogens (primary N) is 1. The molecular weight excluding hydrogens is 218 g/mol. The third-order valence-corrected chi connectivity index (χ3v) is 4.15. The zero-order valence-corrected chi connectivity index (χ0v) is 12.3. The largest absolute Gasteiger partial charge is 0.325 e. The summed E-state index contributed by atoms with van der Waals surface area (Å²) >= 11 is 0. The topological polar surface area (TPSA) is 26.0 Å². The first-order valence-electron chi connectivity index (χ1n) is 7.22. The zero-order valence-electron chi connectivity index (χ0n) is 12.3. The summed E-state index contributed by atoms with van der Waals surface area (Å²) in [4.78, 5) is 0. The number of hydrogen-bond acceptors (Lipinski definition) is 1. The molecule has 0 heterocycles. The van der Waals surface area contributed by atoms with Crippen molar-refractivity contribution in [1.82, 2.24) is 0 Å². The second-order valence-electron chi connectivity index (χ2n) is 6.89. The minimum absolute atomic E-state index is 0.0112. The van der Waals surface area contributed by atoms with Gasteiger partial charge in [0, 0.05) is 5.54 Å². The normalized spacial score (nSPS) is 32.5. The number of benzene rings is 1. The number of hydrogen-bond donors (Lipinski definition) is 1. The van der Waals surface area contributed by atoms with Crippen molar-refractivity contribution in [3.63, 3.8) is 0 Å². The van der Waals surface area contributed by atoms with Crippen LogP contribution in [0.25, 0.3) is 0 Å². The lowest BCUT2D eigenvalue weighted by molar-refractivity contribution is 0.182. The molecule has 0 aliphatic heterocycles. The minimum atomic E-state index is 0.0112. The average molecular weight is 245 g/mol. The molecular formula is C17H27N. The highest BCUT2D eigenvalue weighted by atomic mass is 14.8. The van der Waals surface area contributed by atoms with Crippen LogP contribution in [-0.2, 0) is 6.42 Å². The van der Waals surface area contributed by atoms with Gasteiger partial charge in [0.2, 0.25) is 0 Å². The summed E-state index contributed by atoms with van der Waals surface area (Å²) in [5.74, 6) is 1.54. The van der Waals surface area contributed by atoms with Gasteiger partial charge >= 0.3 is 0 Å². The molecule has 0 amide bonds. The van der Waals surface area contributed by atoms with Gasteiger partial charge in [-0.15, -0.1) is 0 Å². The Kier molecular flexibility index (Phi) is 3.82. The Hall–Kier alpha value is -0.820. The molecule has 1 aromatic rings. The van der Waals surface area contributed by atoms with Gasteiger partial charge in [-0.25, -0.2) is 0 Å². The quantitative estimate of drug-likeness (QED) is 0.837.